The summed E-state index contributed by atoms with van der Waals surface area (Å²) in [6.45, 7) is 1.40. The molecule has 0 unspecified atom stereocenters. The summed E-state index contributed by atoms with van der Waals surface area (Å²) in [7, 11) is 0. The molecule has 16 heavy (non-hydrogen) atoms. The molecule has 7 nitrogen and oxygen atoms in total. The second kappa shape index (κ2) is 5.50. The van der Waals surface area contributed by atoms with Gasteiger partial charge < -0.3 is 14.9 Å². The molecule has 0 amide bonds. The van der Waals surface area contributed by atoms with Crippen LogP contribution >= 0.6 is 0 Å². The van der Waals surface area contributed by atoms with Gasteiger partial charge in [-0.3, -0.25) is 4.79 Å². The van der Waals surface area contributed by atoms with Crippen molar-refractivity contribution in [1.82, 2.24) is 9.55 Å². The summed E-state index contributed by atoms with van der Waals surface area (Å²) < 4.78 is 5.86. The lowest BCUT2D eigenvalue weighted by Gasteiger charge is -1.95. The van der Waals surface area contributed by atoms with Crippen LogP contribution in [-0.2, 0) is 16.1 Å². The number of carbonyl (C=O) groups is 1. The maximum absolute atomic E-state index is 10.5. The Morgan fingerprint density at radius 1 is 1.69 bits per heavy atom. The summed E-state index contributed by atoms with van der Waals surface area (Å²) in [5, 5.41) is 10.5. The number of aromatic nitrogens is 2. The van der Waals surface area contributed by atoms with Crippen LogP contribution in [0.4, 0.5) is 5.95 Å². The van der Waals surface area contributed by atoms with E-state index in [2.05, 4.69) is 21.6 Å². The first-order valence-corrected chi connectivity index (χ1v) is 4.36. The first-order chi connectivity index (χ1) is 7.61. The largest absolute Gasteiger partial charge is 0.453 e. The first kappa shape index (κ1) is 11.7. The molecule has 0 aromatic carbocycles. The normalized spacial score (nSPS) is 9.06. The molecule has 84 valence electrons. The van der Waals surface area contributed by atoms with Gasteiger partial charge in [0.05, 0.1) is 0 Å². The maximum Gasteiger partial charge on any atom is 0.435 e. The van der Waals surface area contributed by atoms with E-state index in [1.165, 1.54) is 23.9 Å². The Kier molecular flexibility index (Phi) is 4.03. The number of nitro groups is 1. The van der Waals surface area contributed by atoms with Gasteiger partial charge in [-0.15, -0.1) is 0 Å². The zero-order valence-corrected chi connectivity index (χ0v) is 8.54. The van der Waals surface area contributed by atoms with Crippen LogP contribution in [0.25, 0.3) is 0 Å². The predicted molar refractivity (Wildman–Crippen MR) is 53.3 cm³/mol. The molecule has 0 aliphatic carbocycles. The molecule has 0 radical (unpaired) electrons. The van der Waals surface area contributed by atoms with E-state index >= 15 is 0 Å². The van der Waals surface area contributed by atoms with Gasteiger partial charge in [-0.2, -0.15) is 0 Å². The minimum atomic E-state index is -0.590. The van der Waals surface area contributed by atoms with E-state index in [1.54, 1.807) is 0 Å². The van der Waals surface area contributed by atoms with Crippen LogP contribution in [0.15, 0.2) is 12.4 Å². The molecule has 1 aromatic rings. The summed E-state index contributed by atoms with van der Waals surface area (Å²) in [5.41, 5.74) is 0. The Morgan fingerprint density at radius 3 is 3.06 bits per heavy atom. The number of rotatable bonds is 3. The Labute approximate surface area is 91.2 Å². The molecule has 0 aliphatic heterocycles. The highest BCUT2D eigenvalue weighted by Gasteiger charge is 2.11. The number of esters is 1. The molecule has 0 bridgehead atoms. The Morgan fingerprint density at radius 2 is 2.44 bits per heavy atom. The third-order valence-electron chi connectivity index (χ3n) is 1.58. The highest BCUT2D eigenvalue weighted by molar-refractivity contribution is 5.66. The summed E-state index contributed by atoms with van der Waals surface area (Å²) >= 11 is 0. The fourth-order valence-electron chi connectivity index (χ4n) is 0.927. The Balaban J connectivity index is 2.51. The smallest absolute Gasteiger partial charge is 0.435 e. The van der Waals surface area contributed by atoms with Crippen molar-refractivity contribution < 1.29 is 14.5 Å². The number of hydrogen-bond donors (Lipinski definition) is 0. The van der Waals surface area contributed by atoms with Crippen molar-refractivity contribution in [2.45, 2.75) is 13.5 Å². The average Bonchev–Trinajstić information content (AvgIpc) is 2.65. The van der Waals surface area contributed by atoms with Crippen molar-refractivity contribution in [1.29, 1.82) is 0 Å². The fraction of sp³-hybridized carbons (Fsp3) is 0.333. The minimum Gasteiger partial charge on any atom is -0.453 e. The van der Waals surface area contributed by atoms with Gasteiger partial charge in [0.1, 0.15) is 18.9 Å². The summed E-state index contributed by atoms with van der Waals surface area (Å²) in [6, 6.07) is 0. The SMILES string of the molecule is CC(=O)OCC#CCn1ccnc1[N+](=O)[O-]. The number of hydrogen-bond acceptors (Lipinski definition) is 5. The van der Waals surface area contributed by atoms with Gasteiger partial charge in [0.15, 0.2) is 6.61 Å². The molecule has 0 fully saturated rings. The fourth-order valence-corrected chi connectivity index (χ4v) is 0.927. The molecule has 0 saturated heterocycles. The van der Waals surface area contributed by atoms with Gasteiger partial charge in [-0.05, 0) is 4.92 Å². The minimum absolute atomic E-state index is 0.0160. The standard InChI is InChI=1S/C9H9N3O4/c1-8(13)16-7-3-2-5-11-6-4-10-9(11)12(14)15/h4,6H,5,7H2,1H3. The molecule has 0 aliphatic rings. The van der Waals surface area contributed by atoms with Gasteiger partial charge in [0, 0.05) is 6.92 Å². The van der Waals surface area contributed by atoms with Crippen LogP contribution in [0.1, 0.15) is 6.92 Å². The number of imidazole rings is 1. The van der Waals surface area contributed by atoms with E-state index < -0.39 is 10.9 Å². The third kappa shape index (κ3) is 3.42. The lowest BCUT2D eigenvalue weighted by atomic mass is 10.5. The average molecular weight is 223 g/mol. The Bertz CT molecular complexity index is 455. The van der Waals surface area contributed by atoms with Gasteiger partial charge >= 0.3 is 11.9 Å². The molecular weight excluding hydrogens is 214 g/mol. The van der Waals surface area contributed by atoms with Crippen LogP contribution in [0.3, 0.4) is 0 Å². The van der Waals surface area contributed by atoms with Gasteiger partial charge in [0.2, 0.25) is 0 Å². The van der Waals surface area contributed by atoms with E-state index in [0.717, 1.165) is 0 Å². The summed E-state index contributed by atoms with van der Waals surface area (Å²) in [4.78, 5) is 23.8. The summed E-state index contributed by atoms with van der Waals surface area (Å²) in [5.74, 6) is 4.51. The molecule has 0 N–H and O–H groups in total. The van der Waals surface area contributed by atoms with E-state index in [9.17, 15) is 14.9 Å². The topological polar surface area (TPSA) is 87.3 Å². The third-order valence-corrected chi connectivity index (χ3v) is 1.58. The second-order valence-electron chi connectivity index (χ2n) is 2.75. The quantitative estimate of drug-likeness (QED) is 0.319. The highest BCUT2D eigenvalue weighted by Crippen LogP contribution is 2.05. The number of carbonyl (C=O) groups excluding carboxylic acids is 1. The molecule has 7 heteroatoms. The van der Waals surface area contributed by atoms with Crippen molar-refractivity contribution in [2.75, 3.05) is 6.61 Å². The molecule has 1 aromatic heterocycles. The number of nitrogens with zero attached hydrogens (tertiary/aromatic N) is 3. The first-order valence-electron chi connectivity index (χ1n) is 4.36. The van der Waals surface area contributed by atoms with E-state index in [0.29, 0.717) is 0 Å². The van der Waals surface area contributed by atoms with Crippen molar-refractivity contribution in [3.05, 3.63) is 22.5 Å². The van der Waals surface area contributed by atoms with Crippen molar-refractivity contribution in [3.63, 3.8) is 0 Å². The molecule has 0 atom stereocenters. The van der Waals surface area contributed by atoms with E-state index in [-0.39, 0.29) is 19.1 Å². The monoisotopic (exact) mass is 223 g/mol. The lowest BCUT2D eigenvalue weighted by molar-refractivity contribution is -0.396. The predicted octanol–water partition coefficient (Wildman–Crippen LogP) is 0.358. The van der Waals surface area contributed by atoms with Gasteiger partial charge in [0.25, 0.3) is 0 Å². The van der Waals surface area contributed by atoms with Gasteiger partial charge in [-0.1, -0.05) is 16.8 Å². The zero-order chi connectivity index (χ0) is 12.0. The molecule has 0 saturated carbocycles. The van der Waals surface area contributed by atoms with Crippen molar-refractivity contribution >= 4 is 11.9 Å². The van der Waals surface area contributed by atoms with E-state index in [1.807, 2.05) is 0 Å². The molecule has 1 heterocycles. The van der Waals surface area contributed by atoms with Gasteiger partial charge in [-0.25, -0.2) is 4.57 Å². The van der Waals surface area contributed by atoms with Crippen LogP contribution in [-0.4, -0.2) is 27.1 Å². The number of ether oxygens (including phenoxy) is 1. The van der Waals surface area contributed by atoms with Crippen molar-refractivity contribution in [3.8, 4) is 11.8 Å². The lowest BCUT2D eigenvalue weighted by Crippen LogP contribution is -2.02. The van der Waals surface area contributed by atoms with Crippen LogP contribution in [0.2, 0.25) is 0 Å². The van der Waals surface area contributed by atoms with Crippen molar-refractivity contribution in [2.24, 2.45) is 0 Å². The second-order valence-corrected chi connectivity index (χ2v) is 2.75. The van der Waals surface area contributed by atoms with E-state index in [4.69, 9.17) is 0 Å². The Hall–Kier alpha value is -2.36. The maximum atomic E-state index is 10.5. The van der Waals surface area contributed by atoms with Crippen LogP contribution < -0.4 is 0 Å². The highest BCUT2D eigenvalue weighted by atomic mass is 16.6. The molecule has 0 spiro atoms. The zero-order valence-electron chi connectivity index (χ0n) is 8.54. The van der Waals surface area contributed by atoms with Crippen LogP contribution in [0, 0.1) is 22.0 Å². The molecular formula is C9H9N3O4. The summed E-state index contributed by atoms with van der Waals surface area (Å²) in [6.07, 6.45) is 2.78. The molecule has 1 rings (SSSR count). The van der Waals surface area contributed by atoms with Crippen LogP contribution in [0.5, 0.6) is 0 Å².